The Morgan fingerprint density at radius 1 is 1.38 bits per heavy atom. The minimum atomic E-state index is -0.821. The van der Waals surface area contributed by atoms with E-state index in [2.05, 4.69) is 12.1 Å². The summed E-state index contributed by atoms with van der Waals surface area (Å²) in [6.07, 6.45) is 4.16. The molecule has 0 unspecified atom stereocenters. The maximum atomic E-state index is 13.0. The second kappa shape index (κ2) is 6.61. The maximum absolute atomic E-state index is 13.0. The number of benzene rings is 1. The Bertz CT molecular complexity index is 510. The summed E-state index contributed by atoms with van der Waals surface area (Å²) in [6.45, 7) is 2.75. The molecule has 0 radical (unpaired) electrons. The van der Waals surface area contributed by atoms with E-state index in [-0.39, 0.29) is 11.7 Å². The third-order valence-electron chi connectivity index (χ3n) is 4.26. The van der Waals surface area contributed by atoms with Crippen molar-refractivity contribution in [1.29, 1.82) is 0 Å². The van der Waals surface area contributed by atoms with Gasteiger partial charge < -0.3 is 15.8 Å². The van der Waals surface area contributed by atoms with Gasteiger partial charge in [-0.2, -0.15) is 0 Å². The number of para-hydroxylation sites is 1. The van der Waals surface area contributed by atoms with E-state index in [0.29, 0.717) is 19.4 Å². The fourth-order valence-corrected chi connectivity index (χ4v) is 2.74. The van der Waals surface area contributed by atoms with Crippen LogP contribution in [0.5, 0.6) is 0 Å². The lowest BCUT2D eigenvalue weighted by molar-refractivity contribution is -0.128. The van der Waals surface area contributed by atoms with Crippen LogP contribution >= 0.6 is 0 Å². The van der Waals surface area contributed by atoms with E-state index >= 15 is 0 Å². The number of nitrogens with two attached hydrogens (primary N) is 1. The van der Waals surface area contributed by atoms with E-state index in [1.54, 1.807) is 4.90 Å². The molecule has 1 fully saturated rings. The van der Waals surface area contributed by atoms with Crippen molar-refractivity contribution in [2.24, 2.45) is 16.3 Å². The molecule has 1 aromatic rings. The summed E-state index contributed by atoms with van der Waals surface area (Å²) in [4.78, 5) is 14.8. The van der Waals surface area contributed by atoms with Crippen LogP contribution in [-0.4, -0.2) is 23.5 Å². The molecule has 0 heterocycles. The molecule has 2 rings (SSSR count). The zero-order valence-electron chi connectivity index (χ0n) is 12.5. The minimum absolute atomic E-state index is 0.0381. The molecule has 3 N–H and O–H groups in total. The number of amidine groups is 1. The molecule has 1 aliphatic rings. The molecule has 1 aromatic carbocycles. The lowest BCUT2D eigenvalue weighted by Crippen LogP contribution is -2.55. The number of unbranched alkanes of at least 4 members (excludes halogenated alkanes) is 1. The molecule has 1 amide bonds. The average Bonchev–Trinajstić information content (AvgIpc) is 2.47. The molecular weight excluding hydrogens is 266 g/mol. The lowest BCUT2D eigenvalue weighted by Gasteiger charge is -2.42. The van der Waals surface area contributed by atoms with Crippen LogP contribution in [0.3, 0.4) is 0 Å². The zero-order chi connectivity index (χ0) is 15.3. The van der Waals surface area contributed by atoms with Gasteiger partial charge in [0.05, 0.1) is 0 Å². The molecule has 0 spiro atoms. The normalized spacial score (nSPS) is 17.1. The average molecular weight is 289 g/mol. The molecule has 5 heteroatoms. The largest absolute Gasteiger partial charge is 0.409 e. The number of carbonyl (C=O) groups excluding carboxylic acids is 1. The van der Waals surface area contributed by atoms with Crippen molar-refractivity contribution >= 4 is 17.4 Å². The summed E-state index contributed by atoms with van der Waals surface area (Å²) in [7, 11) is 0. The SMILES string of the molecule is CCCCN(C(=O)C1(/C(N)=N/O)CCC1)c1ccccc1. The number of anilines is 1. The van der Waals surface area contributed by atoms with Gasteiger partial charge in [-0.1, -0.05) is 43.1 Å². The van der Waals surface area contributed by atoms with Crippen LogP contribution in [0, 0.1) is 5.41 Å². The third-order valence-corrected chi connectivity index (χ3v) is 4.26. The van der Waals surface area contributed by atoms with Gasteiger partial charge in [0.15, 0.2) is 5.84 Å². The summed E-state index contributed by atoms with van der Waals surface area (Å²) in [5, 5.41) is 12.1. The summed E-state index contributed by atoms with van der Waals surface area (Å²) < 4.78 is 0. The molecule has 0 aromatic heterocycles. The quantitative estimate of drug-likeness (QED) is 0.366. The molecule has 1 saturated carbocycles. The van der Waals surface area contributed by atoms with Crippen molar-refractivity contribution in [3.8, 4) is 0 Å². The smallest absolute Gasteiger partial charge is 0.240 e. The van der Waals surface area contributed by atoms with Gasteiger partial charge >= 0.3 is 0 Å². The summed E-state index contributed by atoms with van der Waals surface area (Å²) in [6, 6.07) is 9.60. The van der Waals surface area contributed by atoms with E-state index in [0.717, 1.165) is 24.9 Å². The first-order valence-corrected chi connectivity index (χ1v) is 7.50. The summed E-state index contributed by atoms with van der Waals surface area (Å²) in [5.41, 5.74) is 5.86. The molecule has 1 aliphatic carbocycles. The fourth-order valence-electron chi connectivity index (χ4n) is 2.74. The third kappa shape index (κ3) is 2.86. The molecular formula is C16H23N3O2. The molecule has 0 bridgehead atoms. The van der Waals surface area contributed by atoms with Crippen LogP contribution in [0.25, 0.3) is 0 Å². The topological polar surface area (TPSA) is 78.9 Å². The highest BCUT2D eigenvalue weighted by molar-refractivity contribution is 6.13. The van der Waals surface area contributed by atoms with Crippen LogP contribution in [-0.2, 0) is 4.79 Å². The minimum Gasteiger partial charge on any atom is -0.409 e. The summed E-state index contributed by atoms with van der Waals surface area (Å²) >= 11 is 0. The van der Waals surface area contributed by atoms with E-state index in [1.807, 2.05) is 30.3 Å². The number of hydrogen-bond acceptors (Lipinski definition) is 3. The van der Waals surface area contributed by atoms with Crippen LogP contribution in [0.4, 0.5) is 5.69 Å². The first kappa shape index (κ1) is 15.4. The van der Waals surface area contributed by atoms with Gasteiger partial charge in [0.1, 0.15) is 5.41 Å². The van der Waals surface area contributed by atoms with Gasteiger partial charge in [-0.3, -0.25) is 4.79 Å². The lowest BCUT2D eigenvalue weighted by atomic mass is 9.66. The highest BCUT2D eigenvalue weighted by atomic mass is 16.4. The Morgan fingerprint density at radius 3 is 2.52 bits per heavy atom. The van der Waals surface area contributed by atoms with Crippen molar-refractivity contribution in [3.05, 3.63) is 30.3 Å². The zero-order valence-corrected chi connectivity index (χ0v) is 12.5. The van der Waals surface area contributed by atoms with Gasteiger partial charge in [-0.25, -0.2) is 0 Å². The van der Waals surface area contributed by atoms with Crippen LogP contribution in [0.1, 0.15) is 39.0 Å². The van der Waals surface area contributed by atoms with Crippen LogP contribution in [0.2, 0.25) is 0 Å². The Labute approximate surface area is 125 Å². The molecule has 114 valence electrons. The van der Waals surface area contributed by atoms with E-state index in [9.17, 15) is 4.79 Å². The van der Waals surface area contributed by atoms with Crippen molar-refractivity contribution in [1.82, 2.24) is 0 Å². The Hall–Kier alpha value is -2.04. The molecule has 0 aliphatic heterocycles. The van der Waals surface area contributed by atoms with Crippen molar-refractivity contribution < 1.29 is 10.0 Å². The monoisotopic (exact) mass is 289 g/mol. The number of oxime groups is 1. The van der Waals surface area contributed by atoms with E-state index < -0.39 is 5.41 Å². The standard InChI is InChI=1S/C16H23N3O2/c1-2-3-12-19(13-8-5-4-6-9-13)15(20)16(10-7-11-16)14(17)18-21/h4-6,8-9,21H,2-3,7,10-12H2,1H3,(H2,17,18). The van der Waals surface area contributed by atoms with Gasteiger partial charge in [0, 0.05) is 12.2 Å². The number of rotatable bonds is 6. The van der Waals surface area contributed by atoms with Crippen LogP contribution < -0.4 is 10.6 Å². The van der Waals surface area contributed by atoms with Crippen molar-refractivity contribution in [2.75, 3.05) is 11.4 Å². The van der Waals surface area contributed by atoms with E-state index in [4.69, 9.17) is 10.9 Å². The molecule has 0 atom stereocenters. The predicted octanol–water partition coefficient (Wildman–Crippen LogP) is 2.74. The van der Waals surface area contributed by atoms with Gasteiger partial charge in [0.2, 0.25) is 5.91 Å². The fraction of sp³-hybridized carbons (Fsp3) is 0.500. The van der Waals surface area contributed by atoms with Crippen LogP contribution in [0.15, 0.2) is 35.5 Å². The molecule has 0 saturated heterocycles. The Balaban J connectivity index is 2.30. The highest BCUT2D eigenvalue weighted by Crippen LogP contribution is 2.43. The Kier molecular flexibility index (Phi) is 4.83. The van der Waals surface area contributed by atoms with Gasteiger partial charge in [-0.15, -0.1) is 0 Å². The number of carbonyl (C=O) groups is 1. The van der Waals surface area contributed by atoms with E-state index in [1.165, 1.54) is 0 Å². The molecule has 21 heavy (non-hydrogen) atoms. The first-order valence-electron chi connectivity index (χ1n) is 7.50. The van der Waals surface area contributed by atoms with Gasteiger partial charge in [-0.05, 0) is 31.4 Å². The second-order valence-corrected chi connectivity index (χ2v) is 5.57. The van der Waals surface area contributed by atoms with Crippen molar-refractivity contribution in [2.45, 2.75) is 39.0 Å². The summed E-state index contributed by atoms with van der Waals surface area (Å²) in [5.74, 6) is -0.0140. The Morgan fingerprint density at radius 2 is 2.05 bits per heavy atom. The second-order valence-electron chi connectivity index (χ2n) is 5.57. The molecule has 5 nitrogen and oxygen atoms in total. The van der Waals surface area contributed by atoms with Gasteiger partial charge in [0.25, 0.3) is 0 Å². The maximum Gasteiger partial charge on any atom is 0.240 e. The highest BCUT2D eigenvalue weighted by Gasteiger charge is 2.50. The number of hydrogen-bond donors (Lipinski definition) is 2. The number of nitrogens with zero attached hydrogens (tertiary/aromatic N) is 2. The van der Waals surface area contributed by atoms with Crippen molar-refractivity contribution in [3.63, 3.8) is 0 Å². The first-order chi connectivity index (χ1) is 10.2. The predicted molar refractivity (Wildman–Crippen MR) is 83.4 cm³/mol. The number of amides is 1.